The average Bonchev–Trinajstić information content (AvgIpc) is 2.68. The lowest BCUT2D eigenvalue weighted by Crippen LogP contribution is -2.19. The number of nitrogens with zero attached hydrogens (tertiary/aromatic N) is 2. The monoisotopic (exact) mass is 308 g/mol. The SMILES string of the molecule is Cc1nn(CC(=O)Nc2ccc(C(N)=S)cc2)cc1Cl. The highest BCUT2D eigenvalue weighted by atomic mass is 35.5. The molecule has 0 aliphatic rings. The first-order chi connectivity index (χ1) is 9.45. The van der Waals surface area contributed by atoms with Crippen molar-refractivity contribution < 1.29 is 4.79 Å². The summed E-state index contributed by atoms with van der Waals surface area (Å²) in [6.45, 7) is 1.88. The van der Waals surface area contributed by atoms with E-state index in [0.29, 0.717) is 21.4 Å². The maximum absolute atomic E-state index is 11.9. The smallest absolute Gasteiger partial charge is 0.246 e. The normalized spacial score (nSPS) is 10.3. The molecule has 7 heteroatoms. The molecule has 0 spiro atoms. The largest absolute Gasteiger partial charge is 0.389 e. The van der Waals surface area contributed by atoms with E-state index in [4.69, 9.17) is 29.6 Å². The number of rotatable bonds is 4. The van der Waals surface area contributed by atoms with Crippen LogP contribution in [0.3, 0.4) is 0 Å². The Morgan fingerprint density at radius 2 is 2.10 bits per heavy atom. The zero-order chi connectivity index (χ0) is 14.7. The first-order valence-corrected chi connectivity index (χ1v) is 6.63. The van der Waals surface area contributed by atoms with E-state index >= 15 is 0 Å². The molecule has 0 radical (unpaired) electrons. The lowest BCUT2D eigenvalue weighted by Gasteiger charge is -2.06. The number of aromatic nitrogens is 2. The van der Waals surface area contributed by atoms with E-state index in [0.717, 1.165) is 5.56 Å². The van der Waals surface area contributed by atoms with Crippen molar-refractivity contribution in [2.75, 3.05) is 5.32 Å². The van der Waals surface area contributed by atoms with Crippen LogP contribution in [0.4, 0.5) is 5.69 Å². The topological polar surface area (TPSA) is 72.9 Å². The summed E-state index contributed by atoms with van der Waals surface area (Å²) < 4.78 is 1.50. The Morgan fingerprint density at radius 1 is 1.45 bits per heavy atom. The van der Waals surface area contributed by atoms with Crippen molar-refractivity contribution in [3.05, 3.63) is 46.7 Å². The van der Waals surface area contributed by atoms with E-state index in [2.05, 4.69) is 10.4 Å². The first-order valence-electron chi connectivity index (χ1n) is 5.85. The Balaban J connectivity index is 1.99. The second kappa shape index (κ2) is 6.02. The molecule has 2 rings (SSSR count). The second-order valence-corrected chi connectivity index (χ2v) is 5.10. The Morgan fingerprint density at radius 3 is 2.60 bits per heavy atom. The van der Waals surface area contributed by atoms with E-state index in [1.165, 1.54) is 4.68 Å². The van der Waals surface area contributed by atoms with Gasteiger partial charge in [0.15, 0.2) is 0 Å². The Kier molecular flexibility index (Phi) is 4.36. The third-order valence-electron chi connectivity index (χ3n) is 2.65. The summed E-state index contributed by atoms with van der Waals surface area (Å²) in [6, 6.07) is 7.00. The van der Waals surface area contributed by atoms with Crippen molar-refractivity contribution >= 4 is 40.4 Å². The summed E-state index contributed by atoms with van der Waals surface area (Å²) in [5.41, 5.74) is 7.63. The highest BCUT2D eigenvalue weighted by Gasteiger charge is 2.07. The van der Waals surface area contributed by atoms with Gasteiger partial charge in [-0.05, 0) is 31.2 Å². The van der Waals surface area contributed by atoms with Crippen LogP contribution in [0.25, 0.3) is 0 Å². The fraction of sp³-hybridized carbons (Fsp3) is 0.154. The van der Waals surface area contributed by atoms with Crippen LogP contribution in [-0.2, 0) is 11.3 Å². The quantitative estimate of drug-likeness (QED) is 0.849. The van der Waals surface area contributed by atoms with Gasteiger partial charge in [-0.25, -0.2) is 0 Å². The molecule has 0 saturated carbocycles. The summed E-state index contributed by atoms with van der Waals surface area (Å²) in [4.78, 5) is 12.2. The second-order valence-electron chi connectivity index (χ2n) is 4.25. The molecule has 0 bridgehead atoms. The number of anilines is 1. The third kappa shape index (κ3) is 3.55. The molecule has 0 unspecified atom stereocenters. The van der Waals surface area contributed by atoms with Crippen molar-refractivity contribution in [2.45, 2.75) is 13.5 Å². The highest BCUT2D eigenvalue weighted by Crippen LogP contribution is 2.13. The van der Waals surface area contributed by atoms with Crippen molar-refractivity contribution in [1.82, 2.24) is 9.78 Å². The lowest BCUT2D eigenvalue weighted by atomic mass is 10.2. The van der Waals surface area contributed by atoms with Crippen LogP contribution >= 0.6 is 23.8 Å². The third-order valence-corrected chi connectivity index (χ3v) is 3.25. The number of nitrogens with two attached hydrogens (primary N) is 1. The van der Waals surface area contributed by atoms with E-state index < -0.39 is 0 Å². The minimum Gasteiger partial charge on any atom is -0.389 e. The maximum atomic E-state index is 11.9. The number of halogens is 1. The number of amides is 1. The molecule has 3 N–H and O–H groups in total. The van der Waals surface area contributed by atoms with E-state index in [9.17, 15) is 4.79 Å². The Bertz CT molecular complexity index is 631. The van der Waals surface area contributed by atoms with Crippen LogP contribution in [0.1, 0.15) is 11.3 Å². The first kappa shape index (κ1) is 14.5. The minimum absolute atomic E-state index is 0.102. The van der Waals surface area contributed by atoms with Gasteiger partial charge in [0, 0.05) is 17.4 Å². The van der Waals surface area contributed by atoms with Gasteiger partial charge in [0.1, 0.15) is 11.5 Å². The Labute approximate surface area is 126 Å². The van der Waals surface area contributed by atoms with Crippen LogP contribution in [-0.4, -0.2) is 20.7 Å². The maximum Gasteiger partial charge on any atom is 0.246 e. The summed E-state index contributed by atoms with van der Waals surface area (Å²) in [7, 11) is 0. The van der Waals surface area contributed by atoms with Gasteiger partial charge in [-0.1, -0.05) is 23.8 Å². The number of aryl methyl sites for hydroxylation is 1. The van der Waals surface area contributed by atoms with Crippen LogP contribution < -0.4 is 11.1 Å². The average molecular weight is 309 g/mol. The molecule has 1 aromatic carbocycles. The number of hydrogen-bond donors (Lipinski definition) is 2. The number of carbonyl (C=O) groups is 1. The van der Waals surface area contributed by atoms with Gasteiger partial charge in [0.2, 0.25) is 5.91 Å². The van der Waals surface area contributed by atoms with Crippen molar-refractivity contribution in [1.29, 1.82) is 0 Å². The predicted octanol–water partition coefficient (Wildman–Crippen LogP) is 2.12. The van der Waals surface area contributed by atoms with Gasteiger partial charge in [0.05, 0.1) is 10.7 Å². The number of hydrogen-bond acceptors (Lipinski definition) is 3. The molecule has 0 aliphatic heterocycles. The van der Waals surface area contributed by atoms with Crippen LogP contribution in [0.5, 0.6) is 0 Å². The summed E-state index contributed by atoms with van der Waals surface area (Å²) in [5, 5.41) is 7.42. The lowest BCUT2D eigenvalue weighted by molar-refractivity contribution is -0.116. The Hall–Kier alpha value is -1.92. The molecule has 1 aromatic heterocycles. The van der Waals surface area contributed by atoms with Gasteiger partial charge < -0.3 is 11.1 Å². The van der Waals surface area contributed by atoms with Gasteiger partial charge in [-0.2, -0.15) is 5.10 Å². The van der Waals surface area contributed by atoms with Gasteiger partial charge in [-0.15, -0.1) is 0 Å². The summed E-state index contributed by atoms with van der Waals surface area (Å²) >= 11 is 10.7. The predicted molar refractivity (Wildman–Crippen MR) is 82.9 cm³/mol. The molecular weight excluding hydrogens is 296 g/mol. The number of thiocarbonyl (C=S) groups is 1. The summed E-state index contributed by atoms with van der Waals surface area (Å²) in [5.74, 6) is -0.188. The van der Waals surface area contributed by atoms with E-state index in [1.54, 1.807) is 37.4 Å². The number of carbonyl (C=O) groups excluding carboxylic acids is 1. The van der Waals surface area contributed by atoms with E-state index in [-0.39, 0.29) is 12.5 Å². The standard InChI is InChI=1S/C13H13ClN4OS/c1-8-11(14)6-18(17-8)7-12(19)16-10-4-2-9(3-5-10)13(15)20/h2-6H,7H2,1H3,(H2,15,20)(H,16,19). The van der Waals surface area contributed by atoms with Crippen LogP contribution in [0.15, 0.2) is 30.5 Å². The van der Waals surface area contributed by atoms with E-state index in [1.807, 2.05) is 0 Å². The molecule has 0 saturated heterocycles. The van der Waals surface area contributed by atoms with Crippen molar-refractivity contribution in [3.8, 4) is 0 Å². The zero-order valence-electron chi connectivity index (χ0n) is 10.8. The van der Waals surface area contributed by atoms with Gasteiger partial charge in [0.25, 0.3) is 0 Å². The molecule has 0 atom stereocenters. The molecule has 1 amide bonds. The molecule has 0 fully saturated rings. The number of nitrogens with one attached hydrogen (secondary N) is 1. The van der Waals surface area contributed by atoms with Crippen molar-refractivity contribution in [2.24, 2.45) is 5.73 Å². The van der Waals surface area contributed by atoms with Crippen molar-refractivity contribution in [3.63, 3.8) is 0 Å². The minimum atomic E-state index is -0.188. The molecule has 0 aliphatic carbocycles. The number of benzene rings is 1. The summed E-state index contributed by atoms with van der Waals surface area (Å²) in [6.07, 6.45) is 1.62. The molecule has 2 aromatic rings. The molecular formula is C13H13ClN4OS. The highest BCUT2D eigenvalue weighted by molar-refractivity contribution is 7.80. The van der Waals surface area contributed by atoms with Crippen LogP contribution in [0.2, 0.25) is 5.02 Å². The fourth-order valence-corrected chi connectivity index (χ4v) is 1.93. The zero-order valence-corrected chi connectivity index (χ0v) is 12.3. The van der Waals surface area contributed by atoms with Gasteiger partial charge in [-0.3, -0.25) is 9.48 Å². The molecule has 20 heavy (non-hydrogen) atoms. The molecule has 1 heterocycles. The molecule has 5 nitrogen and oxygen atoms in total. The fourth-order valence-electron chi connectivity index (χ4n) is 1.64. The van der Waals surface area contributed by atoms with Crippen LogP contribution in [0, 0.1) is 6.92 Å². The molecule has 104 valence electrons. The van der Waals surface area contributed by atoms with Gasteiger partial charge >= 0.3 is 0 Å².